The molecule has 0 unspecified atom stereocenters. The summed E-state index contributed by atoms with van der Waals surface area (Å²) in [6, 6.07) is 7.08. The molecule has 0 bridgehead atoms. The lowest BCUT2D eigenvalue weighted by atomic mass is 10.1. The number of pyridine rings is 1. The van der Waals surface area contributed by atoms with E-state index in [0.717, 1.165) is 16.7 Å². The molecule has 0 saturated carbocycles. The summed E-state index contributed by atoms with van der Waals surface area (Å²) >= 11 is 0. The average molecular weight is 549 g/mol. The second kappa shape index (κ2) is 10.2. The first kappa shape index (κ1) is 26.8. The van der Waals surface area contributed by atoms with Crippen LogP contribution < -0.4 is 10.0 Å². The molecule has 38 heavy (non-hydrogen) atoms. The normalized spacial score (nSPS) is 11.5. The number of nitrogens with one attached hydrogen (secondary N) is 1. The molecular formula is C25H20F4N4O4S. The third kappa shape index (κ3) is 5.23. The largest absolute Gasteiger partial charge is 0.619 e. The molecule has 1 amide bonds. The number of hydrogen-bond donors (Lipinski definition) is 1. The minimum Gasteiger partial charge on any atom is -0.619 e. The molecule has 0 aliphatic rings. The predicted octanol–water partition coefficient (Wildman–Crippen LogP) is 3.58. The predicted molar refractivity (Wildman–Crippen MR) is 127 cm³/mol. The Hall–Kier alpha value is -4.26. The molecule has 8 nitrogen and oxygen atoms in total. The van der Waals surface area contributed by atoms with Crippen LogP contribution in [0.5, 0.6) is 0 Å². The Morgan fingerprint density at radius 1 is 1.03 bits per heavy atom. The molecule has 0 radical (unpaired) electrons. The fraction of sp³-hybridized carbons (Fsp3) is 0.160. The van der Waals surface area contributed by atoms with E-state index in [9.17, 15) is 36.0 Å². The average Bonchev–Trinajstić information content (AvgIpc) is 3.22. The maximum absolute atomic E-state index is 14.3. The van der Waals surface area contributed by atoms with E-state index < -0.39 is 55.5 Å². The molecule has 0 saturated heterocycles. The van der Waals surface area contributed by atoms with Crippen LogP contribution in [-0.2, 0) is 22.1 Å². The second-order valence-electron chi connectivity index (χ2n) is 8.42. The number of benzene rings is 2. The van der Waals surface area contributed by atoms with Crippen LogP contribution in [0.3, 0.4) is 0 Å². The molecule has 2 heterocycles. The molecule has 0 aliphatic carbocycles. The van der Waals surface area contributed by atoms with Gasteiger partial charge in [0, 0.05) is 29.4 Å². The van der Waals surface area contributed by atoms with Gasteiger partial charge in [-0.05, 0) is 55.8 Å². The Bertz CT molecular complexity index is 1660. The number of aryl methyl sites for hydroxylation is 2. The van der Waals surface area contributed by atoms with Crippen molar-refractivity contribution in [2.24, 2.45) is 0 Å². The Morgan fingerprint density at radius 3 is 2.34 bits per heavy atom. The smallest absolute Gasteiger partial charge is 0.270 e. The highest BCUT2D eigenvalue weighted by Gasteiger charge is 2.32. The van der Waals surface area contributed by atoms with E-state index in [4.69, 9.17) is 0 Å². The van der Waals surface area contributed by atoms with E-state index in [0.29, 0.717) is 28.0 Å². The van der Waals surface area contributed by atoms with Crippen LogP contribution >= 0.6 is 0 Å². The van der Waals surface area contributed by atoms with Crippen molar-refractivity contribution in [2.75, 3.05) is 0 Å². The molecule has 0 aliphatic heterocycles. The number of nitrogens with zero attached hydrogens (tertiary/aromatic N) is 3. The van der Waals surface area contributed by atoms with Gasteiger partial charge in [0.25, 0.3) is 5.91 Å². The van der Waals surface area contributed by atoms with Crippen LogP contribution in [0.15, 0.2) is 60.0 Å². The number of aromatic nitrogens is 3. The lowest BCUT2D eigenvalue weighted by molar-refractivity contribution is -0.605. The fourth-order valence-electron chi connectivity index (χ4n) is 3.83. The van der Waals surface area contributed by atoms with Gasteiger partial charge in [0.15, 0.2) is 24.0 Å². The Balaban J connectivity index is 1.80. The highest BCUT2D eigenvalue weighted by molar-refractivity contribution is 7.90. The fourth-order valence-corrected chi connectivity index (χ4v) is 5.36. The summed E-state index contributed by atoms with van der Waals surface area (Å²) in [5.74, 6) is -7.07. The molecule has 0 fully saturated rings. The number of imidazole rings is 1. The van der Waals surface area contributed by atoms with Crippen molar-refractivity contribution in [2.45, 2.75) is 31.3 Å². The van der Waals surface area contributed by atoms with Crippen LogP contribution in [-0.4, -0.2) is 23.9 Å². The number of hydrogen-bond acceptors (Lipinski definition) is 5. The van der Waals surface area contributed by atoms with Crippen molar-refractivity contribution in [1.29, 1.82) is 0 Å². The Labute approximate surface area is 214 Å². The number of amides is 1. The SMILES string of the molecule is Cc1c[n+]([O-])ccc1CNC(=O)c1c(C)nc(S(=O)(=O)Cc2c(F)ccc(F)c2F)n1-c1ccc(F)cc1. The minimum absolute atomic E-state index is 0.0264. The van der Waals surface area contributed by atoms with Gasteiger partial charge in [-0.15, -0.1) is 0 Å². The zero-order valence-corrected chi connectivity index (χ0v) is 20.8. The first-order chi connectivity index (χ1) is 17.9. The molecule has 4 aromatic rings. The van der Waals surface area contributed by atoms with Crippen molar-refractivity contribution in [3.63, 3.8) is 0 Å². The van der Waals surface area contributed by atoms with Gasteiger partial charge in [0.2, 0.25) is 15.0 Å². The van der Waals surface area contributed by atoms with Crippen LogP contribution in [0.1, 0.15) is 32.9 Å². The summed E-state index contributed by atoms with van der Waals surface area (Å²) in [4.78, 5) is 17.3. The molecule has 1 N–H and O–H groups in total. The van der Waals surface area contributed by atoms with Gasteiger partial charge in [-0.2, -0.15) is 4.73 Å². The lowest BCUT2D eigenvalue weighted by Crippen LogP contribution is -2.29. The van der Waals surface area contributed by atoms with Crippen LogP contribution in [0.25, 0.3) is 5.69 Å². The molecule has 0 spiro atoms. The third-order valence-electron chi connectivity index (χ3n) is 5.76. The van der Waals surface area contributed by atoms with E-state index in [-0.39, 0.29) is 23.6 Å². The molecule has 198 valence electrons. The van der Waals surface area contributed by atoms with E-state index >= 15 is 0 Å². The summed E-state index contributed by atoms with van der Waals surface area (Å²) < 4.78 is 84.1. The van der Waals surface area contributed by atoms with Gasteiger partial charge < -0.3 is 10.5 Å². The number of halogens is 4. The first-order valence-corrected chi connectivity index (χ1v) is 12.7. The second-order valence-corrected chi connectivity index (χ2v) is 10.3. The van der Waals surface area contributed by atoms with Crippen molar-refractivity contribution in [1.82, 2.24) is 14.9 Å². The standard InChI is InChI=1S/C25H20F4N4O4S/c1-14-12-32(35)10-9-16(14)11-30-24(34)23-15(2)31-25(33(23)18-5-3-17(26)4-6-18)38(36,37)13-19-20(27)7-8-21(28)22(19)29/h3-10,12H,11,13H2,1-2H3,(H,30,34). The first-order valence-electron chi connectivity index (χ1n) is 11.1. The molecule has 13 heteroatoms. The molecule has 2 aromatic carbocycles. The summed E-state index contributed by atoms with van der Waals surface area (Å²) in [5.41, 5.74) is -0.0814. The lowest BCUT2D eigenvalue weighted by Gasteiger charge is -2.14. The van der Waals surface area contributed by atoms with Gasteiger partial charge in [-0.1, -0.05) is 0 Å². The van der Waals surface area contributed by atoms with Crippen LogP contribution in [0, 0.1) is 42.3 Å². The van der Waals surface area contributed by atoms with Gasteiger partial charge in [0.05, 0.1) is 11.4 Å². The van der Waals surface area contributed by atoms with Gasteiger partial charge >= 0.3 is 0 Å². The number of rotatable bonds is 7. The Morgan fingerprint density at radius 2 is 1.68 bits per heavy atom. The topological polar surface area (TPSA) is 108 Å². The third-order valence-corrected chi connectivity index (χ3v) is 7.26. The van der Waals surface area contributed by atoms with E-state index in [2.05, 4.69) is 10.3 Å². The monoisotopic (exact) mass is 548 g/mol. The number of carbonyl (C=O) groups is 1. The number of carbonyl (C=O) groups excluding carboxylic acids is 1. The zero-order valence-electron chi connectivity index (χ0n) is 20.0. The van der Waals surface area contributed by atoms with E-state index in [1.807, 2.05) is 0 Å². The van der Waals surface area contributed by atoms with Gasteiger partial charge in [-0.3, -0.25) is 9.36 Å². The molecule has 4 rings (SSSR count). The molecule has 0 atom stereocenters. The maximum atomic E-state index is 14.3. The Kier molecular flexibility index (Phi) is 7.22. The molecule has 2 aromatic heterocycles. The van der Waals surface area contributed by atoms with Gasteiger partial charge in [0.1, 0.15) is 17.3 Å². The summed E-state index contributed by atoms with van der Waals surface area (Å²) in [7, 11) is -4.68. The quantitative estimate of drug-likeness (QED) is 0.164. The summed E-state index contributed by atoms with van der Waals surface area (Å²) in [6.45, 7) is 2.99. The van der Waals surface area contributed by atoms with Crippen molar-refractivity contribution in [3.05, 3.63) is 111 Å². The summed E-state index contributed by atoms with van der Waals surface area (Å²) in [5, 5.41) is 13.3. The zero-order chi connectivity index (χ0) is 27.8. The summed E-state index contributed by atoms with van der Waals surface area (Å²) in [6.07, 6.45) is 2.56. The van der Waals surface area contributed by atoms with Crippen LogP contribution in [0.4, 0.5) is 17.6 Å². The highest BCUT2D eigenvalue weighted by atomic mass is 32.2. The minimum atomic E-state index is -4.68. The van der Waals surface area contributed by atoms with E-state index in [1.54, 1.807) is 6.92 Å². The highest BCUT2D eigenvalue weighted by Crippen LogP contribution is 2.27. The molecular weight excluding hydrogens is 528 g/mol. The number of sulfone groups is 1. The maximum Gasteiger partial charge on any atom is 0.270 e. The van der Waals surface area contributed by atoms with Crippen LogP contribution in [0.2, 0.25) is 0 Å². The van der Waals surface area contributed by atoms with Crippen molar-refractivity contribution >= 4 is 15.7 Å². The van der Waals surface area contributed by atoms with Crippen molar-refractivity contribution < 1.29 is 35.5 Å². The van der Waals surface area contributed by atoms with Crippen molar-refractivity contribution in [3.8, 4) is 5.69 Å². The van der Waals surface area contributed by atoms with Gasteiger partial charge in [-0.25, -0.2) is 31.0 Å². The van der Waals surface area contributed by atoms with E-state index in [1.165, 1.54) is 37.5 Å².